The molecule has 2 N–H and O–H groups in total. The zero-order valence-corrected chi connectivity index (χ0v) is 21.6. The lowest BCUT2D eigenvalue weighted by molar-refractivity contribution is -0.0809. The number of ether oxygens (including phenoxy) is 2. The number of hydrogen-bond acceptors (Lipinski definition) is 4. The molecule has 0 bridgehead atoms. The lowest BCUT2D eigenvalue weighted by atomic mass is 9.77. The molecule has 0 heterocycles. The molecule has 2 aromatic carbocycles. The first kappa shape index (κ1) is 27.4. The number of hydrogen-bond donors (Lipinski definition) is 2. The first-order chi connectivity index (χ1) is 15.5. The van der Waals surface area contributed by atoms with Gasteiger partial charge in [-0.05, 0) is 61.4 Å². The van der Waals surface area contributed by atoms with Crippen LogP contribution in [0.4, 0.5) is 0 Å². The van der Waals surface area contributed by atoms with Gasteiger partial charge in [0, 0.05) is 5.41 Å². The zero-order valence-electron chi connectivity index (χ0n) is 21.6. The van der Waals surface area contributed by atoms with Gasteiger partial charge in [-0.1, -0.05) is 77.9 Å². The van der Waals surface area contributed by atoms with Gasteiger partial charge in [0.1, 0.15) is 18.5 Å². The predicted molar refractivity (Wildman–Crippen MR) is 136 cm³/mol. The van der Waals surface area contributed by atoms with Crippen LogP contribution in [0.1, 0.15) is 90.8 Å². The normalized spacial score (nSPS) is 13.7. The Bertz CT molecular complexity index is 831. The van der Waals surface area contributed by atoms with Gasteiger partial charge in [-0.25, -0.2) is 0 Å². The molecule has 2 rings (SSSR count). The van der Waals surface area contributed by atoms with Gasteiger partial charge < -0.3 is 19.7 Å². The number of aliphatic hydroxyl groups is 2. The van der Waals surface area contributed by atoms with Crippen LogP contribution in [0.25, 0.3) is 0 Å². The summed E-state index contributed by atoms with van der Waals surface area (Å²) in [6.45, 7) is 15.2. The van der Waals surface area contributed by atoms with Gasteiger partial charge in [-0.3, -0.25) is 0 Å². The number of aliphatic hydroxyl groups excluding tert-OH is 1. The maximum atomic E-state index is 10.8. The van der Waals surface area contributed by atoms with E-state index in [0.29, 0.717) is 12.8 Å². The lowest BCUT2D eigenvalue weighted by Gasteiger charge is -2.29. The minimum absolute atomic E-state index is 0.189. The van der Waals surface area contributed by atoms with Gasteiger partial charge in [0.15, 0.2) is 0 Å². The fraction of sp³-hybridized carbons (Fsp3) is 0.586. The van der Waals surface area contributed by atoms with Crippen molar-refractivity contribution in [1.29, 1.82) is 0 Å². The summed E-state index contributed by atoms with van der Waals surface area (Å²) >= 11 is 0. The second-order valence-corrected chi connectivity index (χ2v) is 9.90. The Hall–Kier alpha value is -1.88. The van der Waals surface area contributed by atoms with Crippen molar-refractivity contribution in [1.82, 2.24) is 0 Å². The molecule has 2 aromatic rings. The Kier molecular flexibility index (Phi) is 9.54. The standard InChI is InChI=1S/C29H44O4/c1-8-28(7,9-2)33-21-25(30)20-32-26-18-16-23(17-19-26)27(5,6)22-12-14-24(15-13-22)29(31,10-3)11-4/h12-19,25,30-31H,8-11,20-21H2,1-7H3. The summed E-state index contributed by atoms with van der Waals surface area (Å²) in [7, 11) is 0. The van der Waals surface area contributed by atoms with Gasteiger partial charge in [0.05, 0.1) is 17.8 Å². The largest absolute Gasteiger partial charge is 0.491 e. The summed E-state index contributed by atoms with van der Waals surface area (Å²) in [5.41, 5.74) is 2.19. The van der Waals surface area contributed by atoms with Crippen LogP contribution in [-0.4, -0.2) is 35.1 Å². The number of benzene rings is 2. The molecule has 0 radical (unpaired) electrons. The van der Waals surface area contributed by atoms with Crippen LogP contribution in [0, 0.1) is 0 Å². The van der Waals surface area contributed by atoms with Crippen molar-refractivity contribution < 1.29 is 19.7 Å². The van der Waals surface area contributed by atoms with E-state index in [9.17, 15) is 10.2 Å². The molecule has 0 amide bonds. The number of rotatable bonds is 13. The van der Waals surface area contributed by atoms with Crippen LogP contribution in [0.5, 0.6) is 5.75 Å². The first-order valence-electron chi connectivity index (χ1n) is 12.4. The summed E-state index contributed by atoms with van der Waals surface area (Å²) in [4.78, 5) is 0. The smallest absolute Gasteiger partial charge is 0.119 e. The molecule has 4 nitrogen and oxygen atoms in total. The summed E-state index contributed by atoms with van der Waals surface area (Å²) < 4.78 is 11.7. The van der Waals surface area contributed by atoms with E-state index in [1.165, 1.54) is 11.1 Å². The SMILES string of the molecule is CCC(C)(CC)OCC(O)COc1ccc(C(C)(C)c2ccc(C(O)(CC)CC)cc2)cc1. The van der Waals surface area contributed by atoms with Gasteiger partial charge >= 0.3 is 0 Å². The molecule has 1 atom stereocenters. The minimum Gasteiger partial charge on any atom is -0.491 e. The minimum atomic E-state index is -0.761. The highest BCUT2D eigenvalue weighted by atomic mass is 16.5. The van der Waals surface area contributed by atoms with Crippen molar-refractivity contribution in [3.8, 4) is 5.75 Å². The second kappa shape index (κ2) is 11.5. The monoisotopic (exact) mass is 456 g/mol. The Morgan fingerprint density at radius 1 is 0.697 bits per heavy atom. The molecule has 0 fully saturated rings. The summed E-state index contributed by atoms with van der Waals surface area (Å²) in [5.74, 6) is 0.730. The van der Waals surface area contributed by atoms with Crippen LogP contribution in [0.15, 0.2) is 48.5 Å². The van der Waals surface area contributed by atoms with E-state index in [2.05, 4.69) is 58.9 Å². The van der Waals surface area contributed by atoms with Crippen LogP contribution in [0.3, 0.4) is 0 Å². The van der Waals surface area contributed by atoms with Crippen molar-refractivity contribution in [2.24, 2.45) is 0 Å². The predicted octanol–water partition coefficient (Wildman–Crippen LogP) is 6.36. The molecule has 184 valence electrons. The molecule has 0 saturated heterocycles. The average Bonchev–Trinajstić information content (AvgIpc) is 2.85. The molecule has 0 aromatic heterocycles. The molecule has 0 aliphatic heterocycles. The fourth-order valence-corrected chi connectivity index (χ4v) is 3.98. The van der Waals surface area contributed by atoms with E-state index in [1.807, 2.05) is 38.1 Å². The maximum Gasteiger partial charge on any atom is 0.119 e. The third-order valence-corrected chi connectivity index (χ3v) is 7.45. The van der Waals surface area contributed by atoms with E-state index < -0.39 is 11.7 Å². The van der Waals surface area contributed by atoms with Gasteiger partial charge in [-0.15, -0.1) is 0 Å². The van der Waals surface area contributed by atoms with Crippen LogP contribution in [0.2, 0.25) is 0 Å². The van der Waals surface area contributed by atoms with Crippen molar-refractivity contribution in [3.05, 3.63) is 65.2 Å². The van der Waals surface area contributed by atoms with E-state index in [4.69, 9.17) is 9.47 Å². The van der Waals surface area contributed by atoms with Crippen LogP contribution in [-0.2, 0) is 15.8 Å². The van der Waals surface area contributed by atoms with Crippen molar-refractivity contribution in [2.45, 2.75) is 96.9 Å². The molecular weight excluding hydrogens is 412 g/mol. The second-order valence-electron chi connectivity index (χ2n) is 9.90. The van der Waals surface area contributed by atoms with Crippen LogP contribution < -0.4 is 4.74 Å². The topological polar surface area (TPSA) is 58.9 Å². The Labute approximate surface area is 201 Å². The summed E-state index contributed by atoms with van der Waals surface area (Å²) in [5, 5.41) is 21.0. The van der Waals surface area contributed by atoms with Gasteiger partial charge in [0.25, 0.3) is 0 Å². The molecule has 0 spiro atoms. The van der Waals surface area contributed by atoms with E-state index in [0.717, 1.165) is 24.2 Å². The molecule has 0 aliphatic rings. The Balaban J connectivity index is 2.01. The average molecular weight is 457 g/mol. The quantitative estimate of drug-likeness (QED) is 0.368. The van der Waals surface area contributed by atoms with Gasteiger partial charge in [0.2, 0.25) is 0 Å². The van der Waals surface area contributed by atoms with Crippen molar-refractivity contribution in [3.63, 3.8) is 0 Å². The van der Waals surface area contributed by atoms with Crippen molar-refractivity contribution in [2.75, 3.05) is 13.2 Å². The first-order valence-corrected chi connectivity index (χ1v) is 12.4. The Morgan fingerprint density at radius 2 is 1.15 bits per heavy atom. The third kappa shape index (κ3) is 6.81. The van der Waals surface area contributed by atoms with E-state index in [-0.39, 0.29) is 24.2 Å². The highest BCUT2D eigenvalue weighted by molar-refractivity contribution is 5.41. The fourth-order valence-electron chi connectivity index (χ4n) is 3.98. The summed E-state index contributed by atoms with van der Waals surface area (Å²) in [6, 6.07) is 16.4. The van der Waals surface area contributed by atoms with E-state index in [1.54, 1.807) is 0 Å². The molecule has 1 unspecified atom stereocenters. The highest BCUT2D eigenvalue weighted by Gasteiger charge is 2.27. The maximum absolute atomic E-state index is 10.8. The molecular formula is C29H44O4. The third-order valence-electron chi connectivity index (χ3n) is 7.45. The van der Waals surface area contributed by atoms with Crippen molar-refractivity contribution >= 4 is 0 Å². The Morgan fingerprint density at radius 3 is 1.61 bits per heavy atom. The molecule has 0 aliphatic carbocycles. The van der Waals surface area contributed by atoms with E-state index >= 15 is 0 Å². The molecule has 33 heavy (non-hydrogen) atoms. The highest BCUT2D eigenvalue weighted by Crippen LogP contribution is 2.35. The van der Waals surface area contributed by atoms with Crippen LogP contribution >= 0.6 is 0 Å². The summed E-state index contributed by atoms with van der Waals surface area (Å²) in [6.07, 6.45) is 2.56. The molecule has 4 heteroatoms. The van der Waals surface area contributed by atoms with Gasteiger partial charge in [-0.2, -0.15) is 0 Å². The zero-order chi connectivity index (χ0) is 24.7. The molecule has 0 saturated carbocycles. The lowest BCUT2D eigenvalue weighted by Crippen LogP contribution is -2.33.